The van der Waals surface area contributed by atoms with E-state index in [4.69, 9.17) is 15.2 Å². The summed E-state index contributed by atoms with van der Waals surface area (Å²) >= 11 is 3.36. The minimum Gasteiger partial charge on any atom is -0.490 e. The first-order chi connectivity index (χ1) is 9.69. The average Bonchev–Trinajstić information content (AvgIpc) is 2.45. The molecule has 0 spiro atoms. The lowest BCUT2D eigenvalue weighted by atomic mass is 10.2. The van der Waals surface area contributed by atoms with Crippen LogP contribution in [0.2, 0.25) is 0 Å². The molecule has 0 saturated carbocycles. The van der Waals surface area contributed by atoms with Crippen molar-refractivity contribution in [1.29, 1.82) is 0 Å². The highest BCUT2D eigenvalue weighted by Gasteiger charge is 2.04. The second kappa shape index (κ2) is 7.26. The summed E-state index contributed by atoms with van der Waals surface area (Å²) in [5.41, 5.74) is 6.17. The summed E-state index contributed by atoms with van der Waals surface area (Å²) in [7, 11) is 0. The number of hydrogen-bond donors (Lipinski definition) is 1. The van der Waals surface area contributed by atoms with Gasteiger partial charge in [-0.15, -0.1) is 0 Å². The smallest absolute Gasteiger partial charge is 0.165 e. The van der Waals surface area contributed by atoms with Gasteiger partial charge in [0.15, 0.2) is 11.6 Å². The molecule has 0 bridgehead atoms. The van der Waals surface area contributed by atoms with E-state index < -0.39 is 5.82 Å². The lowest BCUT2D eigenvalue weighted by molar-refractivity contribution is 0.211. The second-order valence-corrected chi connectivity index (χ2v) is 5.04. The number of halogens is 2. The summed E-state index contributed by atoms with van der Waals surface area (Å²) in [6, 6.07) is 12.2. The monoisotopic (exact) mass is 339 g/mol. The fourth-order valence-electron chi connectivity index (χ4n) is 1.66. The van der Waals surface area contributed by atoms with Crippen LogP contribution >= 0.6 is 15.9 Å². The Bertz CT molecular complexity index is 578. The van der Waals surface area contributed by atoms with E-state index in [2.05, 4.69) is 15.9 Å². The van der Waals surface area contributed by atoms with E-state index in [1.54, 1.807) is 12.1 Å². The van der Waals surface area contributed by atoms with Crippen LogP contribution in [0.4, 0.5) is 4.39 Å². The van der Waals surface area contributed by atoms with Gasteiger partial charge in [-0.25, -0.2) is 4.39 Å². The van der Waals surface area contributed by atoms with Crippen molar-refractivity contribution in [3.63, 3.8) is 0 Å². The van der Waals surface area contributed by atoms with Gasteiger partial charge in [0.25, 0.3) is 0 Å². The van der Waals surface area contributed by atoms with E-state index in [-0.39, 0.29) is 12.4 Å². The molecule has 0 amide bonds. The quantitative estimate of drug-likeness (QED) is 0.819. The Morgan fingerprint density at radius 2 is 1.85 bits per heavy atom. The van der Waals surface area contributed by atoms with E-state index in [0.717, 1.165) is 15.8 Å². The molecule has 2 N–H and O–H groups in total. The van der Waals surface area contributed by atoms with Crippen molar-refractivity contribution in [3.8, 4) is 11.5 Å². The molecule has 0 radical (unpaired) electrons. The number of rotatable bonds is 6. The number of hydrogen-bond acceptors (Lipinski definition) is 3. The molecule has 2 rings (SSSR count). The van der Waals surface area contributed by atoms with Crippen LogP contribution in [-0.2, 0) is 6.54 Å². The highest BCUT2D eigenvalue weighted by atomic mass is 79.9. The Kier molecular flexibility index (Phi) is 5.38. The van der Waals surface area contributed by atoms with Gasteiger partial charge in [0.2, 0.25) is 0 Å². The van der Waals surface area contributed by atoms with Gasteiger partial charge >= 0.3 is 0 Å². The average molecular weight is 340 g/mol. The minimum atomic E-state index is -0.407. The molecule has 0 aliphatic carbocycles. The highest BCUT2D eigenvalue weighted by molar-refractivity contribution is 9.10. The number of nitrogens with two attached hydrogens (primary N) is 1. The summed E-state index contributed by atoms with van der Waals surface area (Å²) in [5, 5.41) is 0. The third kappa shape index (κ3) is 4.21. The maximum absolute atomic E-state index is 13.6. The van der Waals surface area contributed by atoms with Gasteiger partial charge in [-0.2, -0.15) is 0 Å². The van der Waals surface area contributed by atoms with Crippen LogP contribution in [0.5, 0.6) is 11.5 Å². The van der Waals surface area contributed by atoms with Gasteiger partial charge in [-0.3, -0.25) is 0 Å². The molecule has 3 nitrogen and oxygen atoms in total. The minimum absolute atomic E-state index is 0.208. The van der Waals surface area contributed by atoms with E-state index in [9.17, 15) is 4.39 Å². The molecule has 0 unspecified atom stereocenters. The fourth-order valence-corrected chi connectivity index (χ4v) is 2.03. The van der Waals surface area contributed by atoms with Gasteiger partial charge in [0.1, 0.15) is 19.0 Å². The molecule has 0 aliphatic rings. The third-order valence-corrected chi connectivity index (χ3v) is 3.13. The lowest BCUT2D eigenvalue weighted by Gasteiger charge is -2.10. The Morgan fingerprint density at radius 3 is 2.55 bits per heavy atom. The summed E-state index contributed by atoms with van der Waals surface area (Å²) in [4.78, 5) is 0. The lowest BCUT2D eigenvalue weighted by Crippen LogP contribution is -2.10. The van der Waals surface area contributed by atoms with Crippen LogP contribution in [0.25, 0.3) is 0 Å². The largest absolute Gasteiger partial charge is 0.490 e. The number of benzene rings is 2. The molecule has 2 aromatic carbocycles. The van der Waals surface area contributed by atoms with Crippen LogP contribution in [0.1, 0.15) is 5.56 Å². The third-order valence-electron chi connectivity index (χ3n) is 2.64. The van der Waals surface area contributed by atoms with Crippen molar-refractivity contribution < 1.29 is 13.9 Å². The summed E-state index contributed by atoms with van der Waals surface area (Å²) in [5.74, 6) is 0.539. The molecular formula is C15H15BrFNO2. The molecule has 5 heteroatoms. The van der Waals surface area contributed by atoms with E-state index in [1.807, 2.05) is 24.3 Å². The fraction of sp³-hybridized carbons (Fsp3) is 0.200. The molecule has 0 aromatic heterocycles. The van der Waals surface area contributed by atoms with Crippen LogP contribution in [0.15, 0.2) is 46.9 Å². The van der Waals surface area contributed by atoms with Crippen molar-refractivity contribution >= 4 is 15.9 Å². The maximum atomic E-state index is 13.6. The van der Waals surface area contributed by atoms with Crippen molar-refractivity contribution in [3.05, 3.63) is 58.3 Å². The van der Waals surface area contributed by atoms with Gasteiger partial charge in [0.05, 0.1) is 0 Å². The molecule has 106 valence electrons. The highest BCUT2D eigenvalue weighted by Crippen LogP contribution is 2.19. The van der Waals surface area contributed by atoms with Crippen molar-refractivity contribution in [2.24, 2.45) is 5.73 Å². The molecule has 2 aromatic rings. The summed E-state index contributed by atoms with van der Waals surface area (Å²) < 4.78 is 25.4. The van der Waals surface area contributed by atoms with Gasteiger partial charge < -0.3 is 15.2 Å². The van der Waals surface area contributed by atoms with Crippen molar-refractivity contribution in [1.82, 2.24) is 0 Å². The van der Waals surface area contributed by atoms with Crippen LogP contribution < -0.4 is 15.2 Å². The predicted octanol–water partition coefficient (Wildman–Crippen LogP) is 3.50. The second-order valence-electron chi connectivity index (χ2n) is 4.12. The van der Waals surface area contributed by atoms with Crippen molar-refractivity contribution in [2.75, 3.05) is 13.2 Å². The molecule has 0 fully saturated rings. The predicted molar refractivity (Wildman–Crippen MR) is 79.4 cm³/mol. The normalized spacial score (nSPS) is 10.3. The van der Waals surface area contributed by atoms with E-state index >= 15 is 0 Å². The Labute approximate surface area is 125 Å². The Morgan fingerprint density at radius 1 is 1.05 bits per heavy atom. The Hall–Kier alpha value is -1.59. The molecule has 0 aliphatic heterocycles. The summed E-state index contributed by atoms with van der Waals surface area (Å²) in [6.45, 7) is 0.920. The van der Waals surface area contributed by atoms with Crippen LogP contribution in [0, 0.1) is 5.82 Å². The zero-order valence-electron chi connectivity index (χ0n) is 10.8. The molecule has 0 saturated heterocycles. The van der Waals surface area contributed by atoms with Crippen molar-refractivity contribution in [2.45, 2.75) is 6.54 Å². The van der Waals surface area contributed by atoms with E-state index in [0.29, 0.717) is 13.2 Å². The zero-order valence-corrected chi connectivity index (χ0v) is 12.4. The SMILES string of the molecule is NCc1ccc(OCCOc2cccc(Br)c2)c(F)c1. The standard InChI is InChI=1S/C15H15BrFNO2/c16-12-2-1-3-13(9-12)19-6-7-20-15-5-4-11(10-18)8-14(15)17/h1-5,8-9H,6-7,10,18H2. The maximum Gasteiger partial charge on any atom is 0.165 e. The first-order valence-corrected chi connectivity index (χ1v) is 6.98. The van der Waals surface area contributed by atoms with Crippen LogP contribution in [-0.4, -0.2) is 13.2 Å². The zero-order chi connectivity index (χ0) is 14.4. The molecule has 0 heterocycles. The number of ether oxygens (including phenoxy) is 2. The molecule has 0 atom stereocenters. The van der Waals surface area contributed by atoms with Gasteiger partial charge in [-0.1, -0.05) is 28.1 Å². The van der Waals surface area contributed by atoms with Gasteiger partial charge in [0, 0.05) is 11.0 Å². The summed E-state index contributed by atoms with van der Waals surface area (Å²) in [6.07, 6.45) is 0. The van der Waals surface area contributed by atoms with Gasteiger partial charge in [-0.05, 0) is 35.9 Å². The van der Waals surface area contributed by atoms with E-state index in [1.165, 1.54) is 6.07 Å². The van der Waals surface area contributed by atoms with Crippen LogP contribution in [0.3, 0.4) is 0 Å². The Balaban J connectivity index is 1.81. The topological polar surface area (TPSA) is 44.5 Å². The first kappa shape index (κ1) is 14.8. The molecular weight excluding hydrogens is 325 g/mol. The molecule has 20 heavy (non-hydrogen) atoms. The first-order valence-electron chi connectivity index (χ1n) is 6.18.